The maximum absolute atomic E-state index is 12.3. The molecule has 1 aromatic carbocycles. The predicted molar refractivity (Wildman–Crippen MR) is 93.5 cm³/mol. The lowest BCUT2D eigenvalue weighted by atomic mass is 10.2. The highest BCUT2D eigenvalue weighted by atomic mass is 35.5. The molecule has 118 valence electrons. The molecule has 3 rings (SSSR count). The average molecular weight is 328 g/mol. The summed E-state index contributed by atoms with van der Waals surface area (Å²) in [5.74, 6) is 0.983. The Morgan fingerprint density at radius 2 is 1.78 bits per heavy atom. The Kier molecular flexibility index (Phi) is 4.93. The number of piperazine rings is 1. The third kappa shape index (κ3) is 3.90. The molecule has 23 heavy (non-hydrogen) atoms. The van der Waals surface area contributed by atoms with Gasteiger partial charge in [-0.1, -0.05) is 35.9 Å². The topological polar surface area (TPSA) is 36.4 Å². The van der Waals surface area contributed by atoms with Crippen LogP contribution in [0.25, 0.3) is 6.08 Å². The van der Waals surface area contributed by atoms with Gasteiger partial charge in [0.1, 0.15) is 5.82 Å². The van der Waals surface area contributed by atoms with Gasteiger partial charge in [0.15, 0.2) is 0 Å². The lowest BCUT2D eigenvalue weighted by molar-refractivity contribution is -0.126. The monoisotopic (exact) mass is 327 g/mol. The highest BCUT2D eigenvalue weighted by Crippen LogP contribution is 2.17. The lowest BCUT2D eigenvalue weighted by Gasteiger charge is -2.34. The minimum atomic E-state index is 0.0191. The molecule has 0 N–H and O–H groups in total. The van der Waals surface area contributed by atoms with Crippen molar-refractivity contribution >= 4 is 29.4 Å². The van der Waals surface area contributed by atoms with Gasteiger partial charge in [0.25, 0.3) is 0 Å². The van der Waals surface area contributed by atoms with Crippen molar-refractivity contribution in [3.8, 4) is 0 Å². The standard InChI is InChI=1S/C18H18ClN3O/c19-16-6-2-1-5-15(16)8-9-18(23)22-13-11-21(12-14-22)17-7-3-4-10-20-17/h1-10H,11-14H2. The number of benzene rings is 1. The smallest absolute Gasteiger partial charge is 0.246 e. The van der Waals surface area contributed by atoms with Crippen LogP contribution < -0.4 is 4.90 Å². The van der Waals surface area contributed by atoms with Crippen LogP contribution >= 0.6 is 11.6 Å². The van der Waals surface area contributed by atoms with E-state index >= 15 is 0 Å². The van der Waals surface area contributed by atoms with Gasteiger partial charge in [-0.2, -0.15) is 0 Å². The van der Waals surface area contributed by atoms with Crippen LogP contribution in [0.4, 0.5) is 5.82 Å². The Morgan fingerprint density at radius 1 is 1.04 bits per heavy atom. The van der Waals surface area contributed by atoms with Crippen molar-refractivity contribution in [2.24, 2.45) is 0 Å². The molecular weight excluding hydrogens is 310 g/mol. The van der Waals surface area contributed by atoms with Crippen LogP contribution in [-0.4, -0.2) is 42.0 Å². The third-order valence-corrected chi connectivity index (χ3v) is 4.22. The maximum atomic E-state index is 12.3. The van der Waals surface area contributed by atoms with Crippen LogP contribution in [-0.2, 0) is 4.79 Å². The molecule has 5 heteroatoms. The average Bonchev–Trinajstić information content (AvgIpc) is 2.62. The van der Waals surface area contributed by atoms with E-state index in [-0.39, 0.29) is 5.91 Å². The van der Waals surface area contributed by atoms with Crippen molar-refractivity contribution in [3.05, 3.63) is 65.3 Å². The number of hydrogen-bond donors (Lipinski definition) is 0. The van der Waals surface area contributed by atoms with Crippen molar-refractivity contribution in [2.75, 3.05) is 31.1 Å². The van der Waals surface area contributed by atoms with E-state index < -0.39 is 0 Å². The van der Waals surface area contributed by atoms with Crippen LogP contribution in [0.15, 0.2) is 54.7 Å². The number of hydrogen-bond acceptors (Lipinski definition) is 3. The number of halogens is 1. The summed E-state index contributed by atoms with van der Waals surface area (Å²) in [6.07, 6.45) is 5.16. The second-order valence-electron chi connectivity index (χ2n) is 5.36. The molecule has 1 aliphatic rings. The summed E-state index contributed by atoms with van der Waals surface area (Å²) in [5, 5.41) is 0.650. The second kappa shape index (κ2) is 7.29. The highest BCUT2D eigenvalue weighted by molar-refractivity contribution is 6.32. The fourth-order valence-corrected chi connectivity index (χ4v) is 2.77. The maximum Gasteiger partial charge on any atom is 0.246 e. The summed E-state index contributed by atoms with van der Waals surface area (Å²) in [6, 6.07) is 13.4. The molecule has 0 atom stereocenters. The number of carbonyl (C=O) groups excluding carboxylic acids is 1. The number of nitrogens with zero attached hydrogens (tertiary/aromatic N) is 3. The summed E-state index contributed by atoms with van der Waals surface area (Å²) in [7, 11) is 0. The molecule has 1 aromatic heterocycles. The van der Waals surface area contributed by atoms with E-state index in [2.05, 4.69) is 9.88 Å². The SMILES string of the molecule is O=C(C=Cc1ccccc1Cl)N1CCN(c2ccccn2)CC1. The zero-order chi connectivity index (χ0) is 16.1. The number of rotatable bonds is 3. The normalized spacial score (nSPS) is 15.2. The van der Waals surface area contributed by atoms with E-state index in [0.29, 0.717) is 18.1 Å². The van der Waals surface area contributed by atoms with E-state index in [0.717, 1.165) is 24.5 Å². The van der Waals surface area contributed by atoms with Crippen molar-refractivity contribution in [2.45, 2.75) is 0 Å². The Balaban J connectivity index is 1.57. The summed E-state index contributed by atoms with van der Waals surface area (Å²) in [4.78, 5) is 20.7. The number of carbonyl (C=O) groups is 1. The first-order valence-corrected chi connectivity index (χ1v) is 7.99. The molecule has 0 unspecified atom stereocenters. The number of pyridine rings is 1. The summed E-state index contributed by atoms with van der Waals surface area (Å²) >= 11 is 6.09. The minimum Gasteiger partial charge on any atom is -0.353 e. The molecule has 0 saturated carbocycles. The third-order valence-electron chi connectivity index (χ3n) is 3.88. The second-order valence-corrected chi connectivity index (χ2v) is 5.76. The molecule has 2 heterocycles. The Labute approximate surface area is 141 Å². The summed E-state index contributed by atoms with van der Waals surface area (Å²) < 4.78 is 0. The first kappa shape index (κ1) is 15.6. The van der Waals surface area contributed by atoms with Crippen LogP contribution in [0.5, 0.6) is 0 Å². The van der Waals surface area contributed by atoms with Gasteiger partial charge in [-0.15, -0.1) is 0 Å². The molecular formula is C18H18ClN3O. The quantitative estimate of drug-likeness (QED) is 0.813. The Bertz CT molecular complexity index is 694. The van der Waals surface area contributed by atoms with Gasteiger partial charge in [-0.25, -0.2) is 4.98 Å². The van der Waals surface area contributed by atoms with Gasteiger partial charge >= 0.3 is 0 Å². The summed E-state index contributed by atoms with van der Waals surface area (Å²) in [6.45, 7) is 2.98. The number of aromatic nitrogens is 1. The van der Waals surface area contributed by atoms with E-state index in [1.54, 1.807) is 18.3 Å². The zero-order valence-electron chi connectivity index (χ0n) is 12.7. The molecule has 4 nitrogen and oxygen atoms in total. The molecule has 0 aliphatic carbocycles. The molecule has 1 saturated heterocycles. The highest BCUT2D eigenvalue weighted by Gasteiger charge is 2.20. The van der Waals surface area contributed by atoms with Crippen LogP contribution in [0.1, 0.15) is 5.56 Å². The van der Waals surface area contributed by atoms with Gasteiger partial charge in [-0.05, 0) is 29.8 Å². The van der Waals surface area contributed by atoms with Crippen molar-refractivity contribution in [1.29, 1.82) is 0 Å². The lowest BCUT2D eigenvalue weighted by Crippen LogP contribution is -2.48. The summed E-state index contributed by atoms with van der Waals surface area (Å²) in [5.41, 5.74) is 0.856. The van der Waals surface area contributed by atoms with E-state index in [1.165, 1.54) is 0 Å². The number of amides is 1. The first-order chi connectivity index (χ1) is 11.2. The first-order valence-electron chi connectivity index (χ1n) is 7.61. The van der Waals surface area contributed by atoms with Crippen LogP contribution in [0, 0.1) is 0 Å². The Morgan fingerprint density at radius 3 is 2.48 bits per heavy atom. The molecule has 2 aromatic rings. The van der Waals surface area contributed by atoms with Crippen LogP contribution in [0.3, 0.4) is 0 Å². The van der Waals surface area contributed by atoms with E-state index in [1.807, 2.05) is 47.4 Å². The van der Waals surface area contributed by atoms with Gasteiger partial charge in [0.2, 0.25) is 5.91 Å². The van der Waals surface area contributed by atoms with Crippen molar-refractivity contribution in [1.82, 2.24) is 9.88 Å². The van der Waals surface area contributed by atoms with Gasteiger partial charge in [-0.3, -0.25) is 4.79 Å². The largest absolute Gasteiger partial charge is 0.353 e. The van der Waals surface area contributed by atoms with Gasteiger partial charge in [0, 0.05) is 43.5 Å². The van der Waals surface area contributed by atoms with Crippen molar-refractivity contribution in [3.63, 3.8) is 0 Å². The van der Waals surface area contributed by atoms with E-state index in [4.69, 9.17) is 11.6 Å². The molecule has 0 radical (unpaired) electrons. The molecule has 0 bridgehead atoms. The Hall–Kier alpha value is -2.33. The van der Waals surface area contributed by atoms with E-state index in [9.17, 15) is 4.79 Å². The zero-order valence-corrected chi connectivity index (χ0v) is 13.5. The van der Waals surface area contributed by atoms with Gasteiger partial charge < -0.3 is 9.80 Å². The number of anilines is 1. The fourth-order valence-electron chi connectivity index (χ4n) is 2.57. The van der Waals surface area contributed by atoms with Crippen molar-refractivity contribution < 1.29 is 4.79 Å². The minimum absolute atomic E-state index is 0.0191. The molecule has 0 spiro atoms. The molecule has 1 aliphatic heterocycles. The molecule has 1 amide bonds. The van der Waals surface area contributed by atoms with Gasteiger partial charge in [0.05, 0.1) is 0 Å². The predicted octanol–water partition coefficient (Wildman–Crippen LogP) is 3.10. The van der Waals surface area contributed by atoms with Crippen LogP contribution in [0.2, 0.25) is 5.02 Å². The molecule has 1 fully saturated rings. The fraction of sp³-hybridized carbons (Fsp3) is 0.222.